The Morgan fingerprint density at radius 1 is 1.44 bits per heavy atom. The Labute approximate surface area is 55.9 Å². The molecule has 0 bridgehead atoms. The van der Waals surface area contributed by atoms with Crippen LogP contribution in [0.15, 0.2) is 5.16 Å². The molecule has 54 valence electrons. The first-order valence-electron chi connectivity index (χ1n) is 3.08. The third kappa shape index (κ3) is 7.43. The minimum Gasteiger partial charge on any atom is -0.393 e. The van der Waals surface area contributed by atoms with Gasteiger partial charge in [-0.05, 0) is 20.8 Å². The first-order valence-corrected chi connectivity index (χ1v) is 3.08. The molecule has 0 aliphatic carbocycles. The maximum Gasteiger partial charge on any atom is 0.122 e. The van der Waals surface area contributed by atoms with Crippen LogP contribution in [-0.2, 0) is 4.84 Å². The number of hydrogen-bond donors (Lipinski definition) is 1. The van der Waals surface area contributed by atoms with Gasteiger partial charge in [0.25, 0.3) is 0 Å². The number of hydrogen-bond acceptors (Lipinski definition) is 3. The molecule has 1 unspecified atom stereocenters. The molecule has 9 heavy (non-hydrogen) atoms. The minimum atomic E-state index is -0.0243. The van der Waals surface area contributed by atoms with Crippen molar-refractivity contribution in [2.45, 2.75) is 32.9 Å². The minimum absolute atomic E-state index is 0.0243. The van der Waals surface area contributed by atoms with Gasteiger partial charge in [0.2, 0.25) is 0 Å². The maximum atomic E-state index is 5.35. The molecule has 0 aromatic heterocycles. The summed E-state index contributed by atoms with van der Waals surface area (Å²) in [6, 6.07) is -0.0243. The van der Waals surface area contributed by atoms with Gasteiger partial charge in [0, 0.05) is 6.04 Å². The van der Waals surface area contributed by atoms with Gasteiger partial charge in [0.15, 0.2) is 0 Å². The van der Waals surface area contributed by atoms with Crippen LogP contribution in [-0.4, -0.2) is 18.4 Å². The van der Waals surface area contributed by atoms with Crippen LogP contribution in [0, 0.1) is 0 Å². The molecule has 0 radical (unpaired) electrons. The van der Waals surface area contributed by atoms with Gasteiger partial charge in [0.05, 0.1) is 6.21 Å². The molecular formula is C6H14N2O. The summed E-state index contributed by atoms with van der Waals surface area (Å²) in [5, 5.41) is 3.62. The Kier molecular flexibility index (Phi) is 4.05. The summed E-state index contributed by atoms with van der Waals surface area (Å²) < 4.78 is 0. The van der Waals surface area contributed by atoms with Gasteiger partial charge in [-0.25, -0.2) is 0 Å². The average molecular weight is 130 g/mol. The lowest BCUT2D eigenvalue weighted by Crippen LogP contribution is -2.16. The molecule has 0 aliphatic rings. The second-order valence-corrected chi connectivity index (χ2v) is 2.27. The van der Waals surface area contributed by atoms with E-state index in [9.17, 15) is 0 Å². The third-order valence-corrected chi connectivity index (χ3v) is 0.568. The van der Waals surface area contributed by atoms with Crippen LogP contribution in [0.2, 0.25) is 0 Å². The van der Waals surface area contributed by atoms with Crippen LogP contribution in [0.4, 0.5) is 0 Å². The summed E-state index contributed by atoms with van der Waals surface area (Å²) in [6.45, 7) is 5.67. The normalized spacial score (nSPS) is 14.8. The summed E-state index contributed by atoms with van der Waals surface area (Å²) in [6.07, 6.45) is 1.71. The van der Waals surface area contributed by atoms with E-state index in [0.717, 1.165) is 0 Å². The van der Waals surface area contributed by atoms with E-state index in [1.807, 2.05) is 20.8 Å². The maximum absolute atomic E-state index is 5.35. The molecular weight excluding hydrogens is 116 g/mol. The Morgan fingerprint density at radius 3 is 2.33 bits per heavy atom. The molecule has 0 rings (SSSR count). The van der Waals surface area contributed by atoms with Gasteiger partial charge >= 0.3 is 0 Å². The fourth-order valence-corrected chi connectivity index (χ4v) is 0.253. The highest BCUT2D eigenvalue weighted by Crippen LogP contribution is 1.86. The van der Waals surface area contributed by atoms with Crippen LogP contribution in [0.5, 0.6) is 0 Å². The average Bonchev–Trinajstić information content (AvgIpc) is 1.63. The van der Waals surface area contributed by atoms with Crippen molar-refractivity contribution in [3.05, 3.63) is 0 Å². The lowest BCUT2D eigenvalue weighted by Gasteiger charge is -2.00. The molecule has 0 amide bonds. The van der Waals surface area contributed by atoms with E-state index in [1.165, 1.54) is 0 Å². The lowest BCUT2D eigenvalue weighted by atomic mass is 10.4. The Hall–Kier alpha value is -0.570. The molecule has 2 N–H and O–H groups in total. The van der Waals surface area contributed by atoms with Crippen molar-refractivity contribution >= 4 is 6.21 Å². The van der Waals surface area contributed by atoms with Crippen molar-refractivity contribution in [3.8, 4) is 0 Å². The Morgan fingerprint density at radius 2 is 2.00 bits per heavy atom. The summed E-state index contributed by atoms with van der Waals surface area (Å²) in [4.78, 5) is 4.84. The van der Waals surface area contributed by atoms with E-state index in [2.05, 4.69) is 5.16 Å². The highest BCUT2D eigenvalue weighted by Gasteiger charge is 1.88. The predicted octanol–water partition coefficient (Wildman–Crippen LogP) is 0.744. The molecule has 0 saturated heterocycles. The molecule has 0 spiro atoms. The number of rotatable bonds is 3. The molecule has 3 nitrogen and oxygen atoms in total. The van der Waals surface area contributed by atoms with Crippen molar-refractivity contribution in [2.75, 3.05) is 0 Å². The lowest BCUT2D eigenvalue weighted by molar-refractivity contribution is 0.0866. The topological polar surface area (TPSA) is 47.6 Å². The van der Waals surface area contributed by atoms with Crippen LogP contribution >= 0.6 is 0 Å². The summed E-state index contributed by atoms with van der Waals surface area (Å²) in [5.74, 6) is 0. The van der Waals surface area contributed by atoms with E-state index < -0.39 is 0 Å². The van der Waals surface area contributed by atoms with E-state index in [0.29, 0.717) is 0 Å². The van der Waals surface area contributed by atoms with Crippen molar-refractivity contribution in [1.29, 1.82) is 0 Å². The van der Waals surface area contributed by atoms with E-state index >= 15 is 0 Å². The van der Waals surface area contributed by atoms with Crippen LogP contribution in [0.25, 0.3) is 0 Å². The second-order valence-electron chi connectivity index (χ2n) is 2.27. The van der Waals surface area contributed by atoms with Gasteiger partial charge in [0.1, 0.15) is 6.10 Å². The van der Waals surface area contributed by atoms with Gasteiger partial charge in [-0.3, -0.25) is 0 Å². The van der Waals surface area contributed by atoms with Gasteiger partial charge in [-0.15, -0.1) is 0 Å². The zero-order valence-corrected chi connectivity index (χ0v) is 6.16. The van der Waals surface area contributed by atoms with Crippen molar-refractivity contribution < 1.29 is 4.84 Å². The van der Waals surface area contributed by atoms with E-state index in [-0.39, 0.29) is 12.1 Å². The molecule has 3 heteroatoms. The molecule has 0 aromatic carbocycles. The van der Waals surface area contributed by atoms with E-state index in [1.54, 1.807) is 6.21 Å². The number of nitrogens with two attached hydrogens (primary N) is 1. The first kappa shape index (κ1) is 8.43. The largest absolute Gasteiger partial charge is 0.393 e. The Balaban J connectivity index is 3.25. The van der Waals surface area contributed by atoms with Crippen molar-refractivity contribution in [1.82, 2.24) is 0 Å². The smallest absolute Gasteiger partial charge is 0.122 e. The standard InChI is InChI=1S/C6H14N2O/c1-5(2)9-8-4-6(3)7/h4-6H,7H2,1-3H3. The molecule has 1 atom stereocenters. The first-order chi connectivity index (χ1) is 4.13. The monoisotopic (exact) mass is 130 g/mol. The molecule has 0 heterocycles. The van der Waals surface area contributed by atoms with Gasteiger partial charge in [-0.1, -0.05) is 5.16 Å². The SMILES string of the molecule is CC(N)C=NOC(C)C. The van der Waals surface area contributed by atoms with Crippen LogP contribution in [0.1, 0.15) is 20.8 Å². The van der Waals surface area contributed by atoms with Gasteiger partial charge < -0.3 is 10.6 Å². The van der Waals surface area contributed by atoms with Crippen LogP contribution < -0.4 is 5.73 Å². The molecule has 0 fully saturated rings. The fourth-order valence-electron chi connectivity index (χ4n) is 0.253. The van der Waals surface area contributed by atoms with Gasteiger partial charge in [-0.2, -0.15) is 0 Å². The highest BCUT2D eigenvalue weighted by atomic mass is 16.6. The number of oxime groups is 1. The quantitative estimate of drug-likeness (QED) is 0.452. The van der Waals surface area contributed by atoms with Crippen LogP contribution in [0.3, 0.4) is 0 Å². The third-order valence-electron chi connectivity index (χ3n) is 0.568. The zero-order valence-electron chi connectivity index (χ0n) is 6.16. The predicted molar refractivity (Wildman–Crippen MR) is 38.4 cm³/mol. The summed E-state index contributed by atoms with van der Waals surface area (Å²) in [7, 11) is 0. The summed E-state index contributed by atoms with van der Waals surface area (Å²) in [5.41, 5.74) is 5.35. The number of nitrogens with zero attached hydrogens (tertiary/aromatic N) is 1. The molecule has 0 saturated carbocycles. The summed E-state index contributed by atoms with van der Waals surface area (Å²) >= 11 is 0. The van der Waals surface area contributed by atoms with Crippen molar-refractivity contribution in [2.24, 2.45) is 10.9 Å². The molecule has 0 aliphatic heterocycles. The van der Waals surface area contributed by atoms with E-state index in [4.69, 9.17) is 10.6 Å². The van der Waals surface area contributed by atoms with Crippen molar-refractivity contribution in [3.63, 3.8) is 0 Å². The second kappa shape index (κ2) is 4.32. The Bertz CT molecular complexity index is 89.1. The fraction of sp³-hybridized carbons (Fsp3) is 0.833. The highest BCUT2D eigenvalue weighted by molar-refractivity contribution is 5.62. The molecule has 0 aromatic rings. The zero-order chi connectivity index (χ0) is 7.28.